The van der Waals surface area contributed by atoms with E-state index in [1.807, 2.05) is 4.90 Å². The second-order valence-corrected chi connectivity index (χ2v) is 5.85. The predicted octanol–water partition coefficient (Wildman–Crippen LogP) is 1.19. The average Bonchev–Trinajstić information content (AvgIpc) is 2.88. The zero-order valence-electron chi connectivity index (χ0n) is 11.8. The molecule has 1 aliphatic carbocycles. The molecule has 3 unspecified atom stereocenters. The Labute approximate surface area is 119 Å². The number of piperidine rings is 1. The number of carbonyl (C=O) groups is 2. The standard InChI is InChI=1S/C14H24N2O4/c17-8-6-12-3-1-2-7-16(12)14(20)15-11-5-4-10(9-11)13(18)19/h10-12,17H,1-9H2,(H,15,20)(H,18,19). The second kappa shape index (κ2) is 6.92. The van der Waals surface area contributed by atoms with Crippen molar-refractivity contribution in [1.29, 1.82) is 0 Å². The summed E-state index contributed by atoms with van der Waals surface area (Å²) in [5.74, 6) is -1.09. The van der Waals surface area contributed by atoms with Crippen LogP contribution in [0.3, 0.4) is 0 Å². The Balaban J connectivity index is 1.85. The van der Waals surface area contributed by atoms with Gasteiger partial charge in [-0.3, -0.25) is 4.79 Å². The van der Waals surface area contributed by atoms with Crippen LogP contribution in [0.2, 0.25) is 0 Å². The first-order valence-corrected chi connectivity index (χ1v) is 7.52. The van der Waals surface area contributed by atoms with Crippen LogP contribution in [0, 0.1) is 5.92 Å². The van der Waals surface area contributed by atoms with Crippen molar-refractivity contribution >= 4 is 12.0 Å². The van der Waals surface area contributed by atoms with E-state index >= 15 is 0 Å². The van der Waals surface area contributed by atoms with Crippen LogP contribution < -0.4 is 5.32 Å². The van der Waals surface area contributed by atoms with Gasteiger partial charge in [0.25, 0.3) is 0 Å². The Bertz CT molecular complexity index is 359. The van der Waals surface area contributed by atoms with Crippen LogP contribution in [-0.2, 0) is 4.79 Å². The molecule has 0 spiro atoms. The number of carboxylic acid groups (broad SMARTS) is 1. The van der Waals surface area contributed by atoms with Gasteiger partial charge in [-0.1, -0.05) is 0 Å². The monoisotopic (exact) mass is 284 g/mol. The Kier molecular flexibility index (Phi) is 5.23. The molecular formula is C14H24N2O4. The highest BCUT2D eigenvalue weighted by Crippen LogP contribution is 2.26. The number of aliphatic hydroxyl groups excluding tert-OH is 1. The van der Waals surface area contributed by atoms with Crippen LogP contribution in [0.1, 0.15) is 44.9 Å². The van der Waals surface area contributed by atoms with Crippen molar-refractivity contribution in [3.63, 3.8) is 0 Å². The normalized spacial score (nSPS) is 30.2. The Morgan fingerprint density at radius 3 is 2.65 bits per heavy atom. The molecule has 0 aromatic rings. The van der Waals surface area contributed by atoms with Gasteiger partial charge in [-0.05, 0) is 44.9 Å². The van der Waals surface area contributed by atoms with Crippen LogP contribution >= 0.6 is 0 Å². The lowest BCUT2D eigenvalue weighted by Crippen LogP contribution is -2.51. The van der Waals surface area contributed by atoms with Crippen LogP contribution in [0.15, 0.2) is 0 Å². The number of nitrogens with zero attached hydrogens (tertiary/aromatic N) is 1. The fourth-order valence-corrected chi connectivity index (χ4v) is 3.31. The van der Waals surface area contributed by atoms with Crippen molar-refractivity contribution in [2.24, 2.45) is 5.92 Å². The third kappa shape index (κ3) is 3.62. The molecule has 2 amide bonds. The number of likely N-dealkylation sites (tertiary alicyclic amines) is 1. The summed E-state index contributed by atoms with van der Waals surface area (Å²) < 4.78 is 0. The molecule has 1 saturated carbocycles. The number of carboxylic acids is 1. The van der Waals surface area contributed by atoms with E-state index in [1.165, 1.54) is 0 Å². The molecule has 3 N–H and O–H groups in total. The number of urea groups is 1. The number of hydrogen-bond donors (Lipinski definition) is 3. The number of carbonyl (C=O) groups excluding carboxylic acids is 1. The van der Waals surface area contributed by atoms with Gasteiger partial charge in [0.05, 0.1) is 5.92 Å². The van der Waals surface area contributed by atoms with Crippen molar-refractivity contribution in [3.8, 4) is 0 Å². The summed E-state index contributed by atoms with van der Waals surface area (Å²) in [5.41, 5.74) is 0. The smallest absolute Gasteiger partial charge is 0.317 e. The molecule has 0 bridgehead atoms. The maximum atomic E-state index is 12.3. The summed E-state index contributed by atoms with van der Waals surface area (Å²) in [6.45, 7) is 0.824. The molecule has 2 aliphatic rings. The van der Waals surface area contributed by atoms with E-state index in [-0.39, 0.29) is 30.6 Å². The van der Waals surface area contributed by atoms with Crippen LogP contribution in [-0.4, -0.2) is 52.3 Å². The Morgan fingerprint density at radius 1 is 1.20 bits per heavy atom. The average molecular weight is 284 g/mol. The van der Waals surface area contributed by atoms with Crippen molar-refractivity contribution < 1.29 is 19.8 Å². The topological polar surface area (TPSA) is 89.9 Å². The van der Waals surface area contributed by atoms with E-state index < -0.39 is 5.97 Å². The number of hydrogen-bond acceptors (Lipinski definition) is 3. The number of amides is 2. The van der Waals surface area contributed by atoms with Gasteiger partial charge in [0, 0.05) is 25.2 Å². The van der Waals surface area contributed by atoms with Crippen LogP contribution in [0.4, 0.5) is 4.79 Å². The van der Waals surface area contributed by atoms with Gasteiger partial charge in [-0.25, -0.2) is 4.79 Å². The summed E-state index contributed by atoms with van der Waals surface area (Å²) >= 11 is 0. The summed E-state index contributed by atoms with van der Waals surface area (Å²) in [4.78, 5) is 25.0. The fraction of sp³-hybridized carbons (Fsp3) is 0.857. The molecule has 3 atom stereocenters. The lowest BCUT2D eigenvalue weighted by atomic mass is 10.00. The van der Waals surface area contributed by atoms with Crippen molar-refractivity contribution in [2.45, 2.75) is 57.0 Å². The zero-order chi connectivity index (χ0) is 14.5. The molecule has 0 aromatic heterocycles. The molecule has 1 aliphatic heterocycles. The molecule has 0 radical (unpaired) electrons. The molecule has 0 aromatic carbocycles. The molecule has 114 valence electrons. The van der Waals surface area contributed by atoms with E-state index in [0.29, 0.717) is 19.3 Å². The van der Waals surface area contributed by atoms with Gasteiger partial charge in [-0.2, -0.15) is 0 Å². The summed E-state index contributed by atoms with van der Waals surface area (Å²) in [6.07, 6.45) is 5.56. The highest BCUT2D eigenvalue weighted by atomic mass is 16.4. The highest BCUT2D eigenvalue weighted by Gasteiger charge is 2.33. The van der Waals surface area contributed by atoms with E-state index in [4.69, 9.17) is 10.2 Å². The van der Waals surface area contributed by atoms with E-state index in [0.717, 1.165) is 32.2 Å². The van der Waals surface area contributed by atoms with Gasteiger partial charge in [-0.15, -0.1) is 0 Å². The molecule has 20 heavy (non-hydrogen) atoms. The van der Waals surface area contributed by atoms with Gasteiger partial charge >= 0.3 is 12.0 Å². The minimum Gasteiger partial charge on any atom is -0.481 e. The fourth-order valence-electron chi connectivity index (χ4n) is 3.31. The Morgan fingerprint density at radius 2 is 2.00 bits per heavy atom. The van der Waals surface area contributed by atoms with E-state index in [2.05, 4.69) is 5.32 Å². The quantitative estimate of drug-likeness (QED) is 0.723. The third-order valence-corrected chi connectivity index (χ3v) is 4.46. The van der Waals surface area contributed by atoms with Crippen molar-refractivity contribution in [1.82, 2.24) is 10.2 Å². The number of nitrogens with one attached hydrogen (secondary N) is 1. The molecule has 2 rings (SSSR count). The summed E-state index contributed by atoms with van der Waals surface area (Å²) in [5, 5.41) is 21.0. The third-order valence-electron chi connectivity index (χ3n) is 4.46. The SMILES string of the molecule is O=C(O)C1CCC(NC(=O)N2CCCCC2CCO)C1. The van der Waals surface area contributed by atoms with E-state index in [9.17, 15) is 9.59 Å². The summed E-state index contributed by atoms with van der Waals surface area (Å²) in [7, 11) is 0. The van der Waals surface area contributed by atoms with Crippen molar-refractivity contribution in [3.05, 3.63) is 0 Å². The lowest BCUT2D eigenvalue weighted by Gasteiger charge is -2.36. The second-order valence-electron chi connectivity index (χ2n) is 5.85. The zero-order valence-corrected chi connectivity index (χ0v) is 11.8. The first-order chi connectivity index (χ1) is 9.61. The van der Waals surface area contributed by atoms with Gasteiger partial charge in [0.1, 0.15) is 0 Å². The lowest BCUT2D eigenvalue weighted by molar-refractivity contribution is -0.141. The maximum Gasteiger partial charge on any atom is 0.317 e. The maximum absolute atomic E-state index is 12.3. The Hall–Kier alpha value is -1.30. The number of aliphatic hydroxyl groups is 1. The predicted molar refractivity (Wildman–Crippen MR) is 73.3 cm³/mol. The van der Waals surface area contributed by atoms with E-state index in [1.54, 1.807) is 0 Å². The van der Waals surface area contributed by atoms with Crippen LogP contribution in [0.25, 0.3) is 0 Å². The summed E-state index contributed by atoms with van der Waals surface area (Å²) in [6, 6.07) is -0.00934. The van der Waals surface area contributed by atoms with Gasteiger partial charge < -0.3 is 20.4 Å². The first kappa shape index (κ1) is 15.1. The van der Waals surface area contributed by atoms with Gasteiger partial charge in [0.15, 0.2) is 0 Å². The molecule has 6 heteroatoms. The minimum atomic E-state index is -0.766. The van der Waals surface area contributed by atoms with Crippen molar-refractivity contribution in [2.75, 3.05) is 13.2 Å². The molecule has 1 heterocycles. The molecule has 1 saturated heterocycles. The van der Waals surface area contributed by atoms with Crippen LogP contribution in [0.5, 0.6) is 0 Å². The largest absolute Gasteiger partial charge is 0.481 e. The number of aliphatic carboxylic acids is 1. The molecule has 6 nitrogen and oxygen atoms in total. The first-order valence-electron chi connectivity index (χ1n) is 7.52. The molecule has 2 fully saturated rings. The minimum absolute atomic E-state index is 0.0275. The van der Waals surface area contributed by atoms with Gasteiger partial charge in [0.2, 0.25) is 0 Å². The number of rotatable bonds is 4. The molecular weight excluding hydrogens is 260 g/mol. The highest BCUT2D eigenvalue weighted by molar-refractivity contribution is 5.75.